The molecule has 0 aromatic carbocycles. The van der Waals surface area contributed by atoms with Gasteiger partial charge < -0.3 is 5.32 Å². The van der Waals surface area contributed by atoms with E-state index in [1.165, 1.54) is 45.4 Å². The maximum atomic E-state index is 8.48. The quantitative estimate of drug-likeness (QED) is 0.708. The van der Waals surface area contributed by atoms with E-state index in [-0.39, 0.29) is 0 Å². The van der Waals surface area contributed by atoms with Gasteiger partial charge in [-0.2, -0.15) is 5.26 Å². The Bertz CT molecular complexity index is 234. The molecule has 0 amide bonds. The van der Waals surface area contributed by atoms with Crippen LogP contribution < -0.4 is 5.32 Å². The van der Waals surface area contributed by atoms with Crippen LogP contribution in [0.1, 0.15) is 32.1 Å². The Morgan fingerprint density at radius 3 is 3.13 bits per heavy atom. The number of likely N-dealkylation sites (tertiary alicyclic amines) is 1. The van der Waals surface area contributed by atoms with Crippen LogP contribution in [0.25, 0.3) is 0 Å². The molecule has 84 valence electrons. The summed E-state index contributed by atoms with van der Waals surface area (Å²) in [5.74, 6) is 0.898. The van der Waals surface area contributed by atoms with E-state index in [2.05, 4.69) is 16.3 Å². The van der Waals surface area contributed by atoms with Crippen molar-refractivity contribution in [1.29, 1.82) is 5.26 Å². The molecule has 2 aliphatic rings. The molecule has 0 aliphatic carbocycles. The highest BCUT2D eigenvalue weighted by Gasteiger charge is 2.34. The van der Waals surface area contributed by atoms with Gasteiger partial charge in [0.05, 0.1) is 6.07 Å². The van der Waals surface area contributed by atoms with Crippen LogP contribution in [0, 0.1) is 17.2 Å². The number of hydrogen-bond acceptors (Lipinski definition) is 3. The highest BCUT2D eigenvalue weighted by molar-refractivity contribution is 4.91. The summed E-state index contributed by atoms with van der Waals surface area (Å²) in [5.41, 5.74) is 0. The van der Waals surface area contributed by atoms with Crippen molar-refractivity contribution in [1.82, 2.24) is 10.2 Å². The number of unbranched alkanes of at least 4 members (excludes halogenated alkanes) is 2. The molecule has 2 heterocycles. The van der Waals surface area contributed by atoms with Crippen LogP contribution in [0.2, 0.25) is 0 Å². The van der Waals surface area contributed by atoms with Gasteiger partial charge in [-0.25, -0.2) is 0 Å². The molecule has 2 atom stereocenters. The van der Waals surface area contributed by atoms with E-state index < -0.39 is 0 Å². The molecule has 3 heteroatoms. The summed E-state index contributed by atoms with van der Waals surface area (Å²) in [7, 11) is 0. The SMILES string of the molecule is N#CCCCCN1CCCC2CNCC21. The number of nitrogens with zero attached hydrogens (tertiary/aromatic N) is 2. The predicted octanol–water partition coefficient (Wildman–Crippen LogP) is 1.36. The minimum atomic E-state index is 0.722. The number of piperidine rings is 1. The largest absolute Gasteiger partial charge is 0.315 e. The van der Waals surface area contributed by atoms with Crippen LogP contribution in [0.4, 0.5) is 0 Å². The van der Waals surface area contributed by atoms with E-state index >= 15 is 0 Å². The van der Waals surface area contributed by atoms with Crippen LogP contribution in [-0.2, 0) is 0 Å². The first-order chi connectivity index (χ1) is 7.42. The van der Waals surface area contributed by atoms with Gasteiger partial charge in [0, 0.05) is 19.0 Å². The summed E-state index contributed by atoms with van der Waals surface area (Å²) in [5, 5.41) is 12.0. The zero-order chi connectivity index (χ0) is 10.5. The van der Waals surface area contributed by atoms with Crippen LogP contribution in [-0.4, -0.2) is 37.1 Å². The molecule has 2 saturated heterocycles. The normalized spacial score (nSPS) is 31.1. The monoisotopic (exact) mass is 207 g/mol. The van der Waals surface area contributed by atoms with Crippen molar-refractivity contribution < 1.29 is 0 Å². The lowest BCUT2D eigenvalue weighted by atomic mass is 9.92. The zero-order valence-corrected chi connectivity index (χ0v) is 9.41. The fourth-order valence-corrected chi connectivity index (χ4v) is 2.96. The lowest BCUT2D eigenvalue weighted by Crippen LogP contribution is -2.45. The fourth-order valence-electron chi connectivity index (χ4n) is 2.96. The van der Waals surface area contributed by atoms with Crippen molar-refractivity contribution in [3.63, 3.8) is 0 Å². The second-order valence-electron chi connectivity index (χ2n) is 4.78. The van der Waals surface area contributed by atoms with Crippen LogP contribution in [0.3, 0.4) is 0 Å². The molecular weight excluding hydrogens is 186 g/mol. The molecule has 0 radical (unpaired) electrons. The van der Waals surface area contributed by atoms with E-state index in [0.717, 1.165) is 24.8 Å². The van der Waals surface area contributed by atoms with Crippen molar-refractivity contribution in [2.24, 2.45) is 5.92 Å². The number of nitrogens with one attached hydrogen (secondary N) is 1. The van der Waals surface area contributed by atoms with Gasteiger partial charge >= 0.3 is 0 Å². The Labute approximate surface area is 92.4 Å². The number of rotatable bonds is 4. The van der Waals surface area contributed by atoms with Crippen molar-refractivity contribution in [3.8, 4) is 6.07 Å². The van der Waals surface area contributed by atoms with Crippen molar-refractivity contribution in [3.05, 3.63) is 0 Å². The zero-order valence-electron chi connectivity index (χ0n) is 9.41. The van der Waals surface area contributed by atoms with Crippen LogP contribution >= 0.6 is 0 Å². The van der Waals surface area contributed by atoms with E-state index in [0.29, 0.717) is 0 Å². The van der Waals surface area contributed by atoms with E-state index in [4.69, 9.17) is 5.26 Å². The molecule has 0 aromatic heterocycles. The lowest BCUT2D eigenvalue weighted by Gasteiger charge is -2.37. The highest BCUT2D eigenvalue weighted by Crippen LogP contribution is 2.26. The third-order valence-electron chi connectivity index (χ3n) is 3.78. The number of nitriles is 1. The molecule has 0 bridgehead atoms. The molecule has 0 spiro atoms. The molecule has 2 fully saturated rings. The van der Waals surface area contributed by atoms with Gasteiger partial charge in [-0.3, -0.25) is 4.90 Å². The van der Waals surface area contributed by atoms with Crippen molar-refractivity contribution in [2.45, 2.75) is 38.1 Å². The third kappa shape index (κ3) is 2.70. The average molecular weight is 207 g/mol. The topological polar surface area (TPSA) is 39.1 Å². The van der Waals surface area contributed by atoms with Gasteiger partial charge in [0.15, 0.2) is 0 Å². The Morgan fingerprint density at radius 2 is 2.27 bits per heavy atom. The average Bonchev–Trinajstić information content (AvgIpc) is 2.73. The first kappa shape index (κ1) is 10.9. The van der Waals surface area contributed by atoms with Gasteiger partial charge in [0.1, 0.15) is 0 Å². The molecular formula is C12H21N3. The lowest BCUT2D eigenvalue weighted by molar-refractivity contribution is 0.123. The Hall–Kier alpha value is -0.590. The molecule has 3 nitrogen and oxygen atoms in total. The van der Waals surface area contributed by atoms with Crippen LogP contribution in [0.5, 0.6) is 0 Å². The molecule has 2 aliphatic heterocycles. The van der Waals surface area contributed by atoms with Crippen molar-refractivity contribution >= 4 is 0 Å². The standard InChI is InChI=1S/C12H21N3/c13-6-2-1-3-7-15-8-4-5-11-9-14-10-12(11)15/h11-12,14H,1-5,7-10H2. The molecule has 1 N–H and O–H groups in total. The fraction of sp³-hybridized carbons (Fsp3) is 0.917. The van der Waals surface area contributed by atoms with Gasteiger partial charge in [-0.15, -0.1) is 0 Å². The third-order valence-corrected chi connectivity index (χ3v) is 3.78. The maximum absolute atomic E-state index is 8.48. The van der Waals surface area contributed by atoms with Crippen LogP contribution in [0.15, 0.2) is 0 Å². The Balaban J connectivity index is 1.73. The van der Waals surface area contributed by atoms with Gasteiger partial charge in [-0.05, 0) is 51.2 Å². The highest BCUT2D eigenvalue weighted by atomic mass is 15.2. The van der Waals surface area contributed by atoms with Gasteiger partial charge in [-0.1, -0.05) is 0 Å². The summed E-state index contributed by atoms with van der Waals surface area (Å²) >= 11 is 0. The van der Waals surface area contributed by atoms with Gasteiger partial charge in [0.25, 0.3) is 0 Å². The summed E-state index contributed by atoms with van der Waals surface area (Å²) in [4.78, 5) is 2.64. The van der Waals surface area contributed by atoms with E-state index in [1.807, 2.05) is 0 Å². The molecule has 15 heavy (non-hydrogen) atoms. The first-order valence-corrected chi connectivity index (χ1v) is 6.23. The molecule has 2 rings (SSSR count). The van der Waals surface area contributed by atoms with E-state index in [1.54, 1.807) is 0 Å². The molecule has 2 unspecified atom stereocenters. The Morgan fingerprint density at radius 1 is 1.33 bits per heavy atom. The predicted molar refractivity (Wildman–Crippen MR) is 60.4 cm³/mol. The second-order valence-corrected chi connectivity index (χ2v) is 4.78. The number of fused-ring (bicyclic) bond motifs is 1. The summed E-state index contributed by atoms with van der Waals surface area (Å²) in [6.07, 6.45) is 5.75. The first-order valence-electron chi connectivity index (χ1n) is 6.23. The Kier molecular flexibility index (Phi) is 3.99. The molecule has 0 aromatic rings. The second kappa shape index (κ2) is 5.48. The maximum Gasteiger partial charge on any atom is 0.0621 e. The molecule has 0 saturated carbocycles. The van der Waals surface area contributed by atoms with Gasteiger partial charge in [0.2, 0.25) is 0 Å². The minimum absolute atomic E-state index is 0.722. The van der Waals surface area contributed by atoms with E-state index in [9.17, 15) is 0 Å². The van der Waals surface area contributed by atoms with Crippen molar-refractivity contribution in [2.75, 3.05) is 26.2 Å². The summed E-state index contributed by atoms with van der Waals surface area (Å²) in [6.45, 7) is 4.88. The number of hydrogen-bond donors (Lipinski definition) is 1. The summed E-state index contributed by atoms with van der Waals surface area (Å²) < 4.78 is 0. The minimum Gasteiger partial charge on any atom is -0.315 e. The smallest absolute Gasteiger partial charge is 0.0621 e. The summed E-state index contributed by atoms with van der Waals surface area (Å²) in [6, 6.07) is 3.01.